The van der Waals surface area contributed by atoms with Gasteiger partial charge in [0.15, 0.2) is 11.6 Å². The number of nitrogens with zero attached hydrogens (tertiary/aromatic N) is 7. The highest BCUT2D eigenvalue weighted by molar-refractivity contribution is 7.25. The van der Waals surface area contributed by atoms with Crippen LogP contribution < -0.4 is 0 Å². The molecule has 0 amide bonds. The van der Waals surface area contributed by atoms with E-state index in [0.717, 1.165) is 99.3 Å². The van der Waals surface area contributed by atoms with Gasteiger partial charge in [0.05, 0.1) is 27.6 Å². The number of furan rings is 1. The summed E-state index contributed by atoms with van der Waals surface area (Å²) in [6, 6.07) is 85.2. The summed E-state index contributed by atoms with van der Waals surface area (Å²) in [6.45, 7) is 0. The van der Waals surface area contributed by atoms with Crippen molar-refractivity contribution in [3.8, 4) is 34.2 Å². The Hall–Kier alpha value is -10.6. The number of hydrogen-bond acceptors (Lipinski definition) is 7. The van der Waals surface area contributed by atoms with Gasteiger partial charge in [0.1, 0.15) is 32.8 Å². The van der Waals surface area contributed by atoms with E-state index in [1.165, 1.54) is 58.6 Å². The largest absolute Gasteiger partial charge is 0.436 e. The summed E-state index contributed by atoms with van der Waals surface area (Å²) in [6.07, 6.45) is 1.82. The molecule has 0 aliphatic carbocycles. The van der Waals surface area contributed by atoms with Gasteiger partial charge >= 0.3 is 0 Å². The average Bonchev–Trinajstić information content (AvgIpc) is 4.36. The molecule has 0 fully saturated rings. The molecule has 7 aromatic heterocycles. The van der Waals surface area contributed by atoms with Crippen LogP contribution in [-0.4, -0.2) is 34.1 Å². The molecule has 0 N–H and O–H groups in total. The molecule has 372 valence electrons. The highest BCUT2D eigenvalue weighted by atomic mass is 32.1. The molecular formula is C71H41N7OS. The summed E-state index contributed by atoms with van der Waals surface area (Å²) in [7, 11) is 0. The number of para-hydroxylation sites is 3. The molecule has 11 aromatic carbocycles. The van der Waals surface area contributed by atoms with Crippen molar-refractivity contribution in [3.05, 3.63) is 249 Å². The first-order valence-corrected chi connectivity index (χ1v) is 27.5. The van der Waals surface area contributed by atoms with E-state index < -0.39 is 0 Å². The Morgan fingerprint density at radius 3 is 1.51 bits per heavy atom. The number of hydrogen-bond donors (Lipinski definition) is 0. The lowest BCUT2D eigenvalue weighted by Gasteiger charge is -2.13. The molecule has 0 aliphatic heterocycles. The lowest BCUT2D eigenvalue weighted by atomic mass is 10.0. The van der Waals surface area contributed by atoms with Gasteiger partial charge in [-0.3, -0.25) is 14.1 Å². The average molecular weight is 1040 g/mol. The minimum absolute atomic E-state index is 0.519. The van der Waals surface area contributed by atoms with Gasteiger partial charge in [0.2, 0.25) is 5.71 Å². The predicted molar refractivity (Wildman–Crippen MR) is 332 cm³/mol. The van der Waals surface area contributed by atoms with E-state index in [0.29, 0.717) is 5.71 Å². The van der Waals surface area contributed by atoms with Crippen molar-refractivity contribution < 1.29 is 4.42 Å². The maximum Gasteiger partial charge on any atom is 0.248 e. The highest BCUT2D eigenvalue weighted by Crippen LogP contribution is 2.42. The lowest BCUT2D eigenvalue weighted by Crippen LogP contribution is -2.03. The van der Waals surface area contributed by atoms with Gasteiger partial charge in [-0.1, -0.05) is 170 Å². The molecule has 0 saturated heterocycles. The topological polar surface area (TPSA) is 87.5 Å². The molecule has 9 heteroatoms. The second kappa shape index (κ2) is 17.5. The zero-order valence-corrected chi connectivity index (χ0v) is 43.4. The van der Waals surface area contributed by atoms with Crippen molar-refractivity contribution >= 4 is 141 Å². The summed E-state index contributed by atoms with van der Waals surface area (Å²) in [5, 5.41) is 15.2. The maximum atomic E-state index is 6.25. The van der Waals surface area contributed by atoms with Crippen molar-refractivity contribution in [2.75, 3.05) is 0 Å². The number of benzene rings is 11. The highest BCUT2D eigenvalue weighted by Gasteiger charge is 2.24. The molecule has 7 heterocycles. The van der Waals surface area contributed by atoms with Gasteiger partial charge < -0.3 is 4.42 Å². The van der Waals surface area contributed by atoms with E-state index in [4.69, 9.17) is 24.4 Å². The van der Waals surface area contributed by atoms with Crippen LogP contribution in [-0.2, 0) is 0 Å². The minimum atomic E-state index is 0.519. The molecule has 0 saturated carbocycles. The summed E-state index contributed by atoms with van der Waals surface area (Å²) in [5.74, 6) is 1.58. The van der Waals surface area contributed by atoms with Crippen molar-refractivity contribution in [3.63, 3.8) is 0 Å². The minimum Gasteiger partial charge on any atom is -0.436 e. The molecule has 0 radical (unpaired) electrons. The van der Waals surface area contributed by atoms with Gasteiger partial charge in [-0.25, -0.2) is 15.0 Å². The number of thiophene rings is 1. The summed E-state index contributed by atoms with van der Waals surface area (Å²) in [5.41, 5.74) is 12.0. The van der Waals surface area contributed by atoms with E-state index in [1.54, 1.807) is 11.3 Å². The van der Waals surface area contributed by atoms with Crippen molar-refractivity contribution in [1.82, 2.24) is 34.1 Å². The Morgan fingerprint density at radius 1 is 0.338 bits per heavy atom. The zero-order valence-electron chi connectivity index (χ0n) is 42.6. The Bertz CT molecular complexity index is 5250. The molecule has 0 unspecified atom stereocenters. The Kier molecular flexibility index (Phi) is 9.71. The monoisotopic (exact) mass is 1040 g/mol. The van der Waals surface area contributed by atoms with Gasteiger partial charge in [0.25, 0.3) is 0 Å². The van der Waals surface area contributed by atoms with Gasteiger partial charge in [-0.2, -0.15) is 4.98 Å². The first-order chi connectivity index (χ1) is 39.6. The third-order valence-corrected chi connectivity index (χ3v) is 16.8. The van der Waals surface area contributed by atoms with Crippen LogP contribution in [0.1, 0.15) is 0 Å². The number of aromatic nitrogens is 7. The first kappa shape index (κ1) is 44.5. The fourth-order valence-corrected chi connectivity index (χ4v) is 13.1. The van der Waals surface area contributed by atoms with Gasteiger partial charge in [-0.15, -0.1) is 11.3 Å². The Balaban J connectivity index is 0.000000128. The first-order valence-electron chi connectivity index (χ1n) is 26.7. The Morgan fingerprint density at radius 2 is 0.838 bits per heavy atom. The summed E-state index contributed by atoms with van der Waals surface area (Å²) >= 11 is 1.71. The standard InChI is InChI=1S/C36H21N3S.C35H20N4O/c1-2-10-23-19-26(18-17-22(23)9-1)33-35(38-36-34(37-33)28-14-6-8-16-32(28)40-36)39-30-15-7-5-13-27(30)29-20-24-11-3-4-12-25(24)21-31(29)39;1-2-9-23-20-30-27(18-22(23)8-1)25-11-3-5-13-29(25)39(30)34-32(24-16-15-21-10-7-17-36-28(21)19-24)37-33-26-12-4-6-14-31(26)40-35(33)38-34/h1-21H;1-20H. The van der Waals surface area contributed by atoms with E-state index in [-0.39, 0.29) is 0 Å². The van der Waals surface area contributed by atoms with Crippen LogP contribution in [0.15, 0.2) is 253 Å². The SMILES string of the molecule is c1ccc2cc(-c3nc4c(nc3-n3c5ccccc5c5cc6ccccc6cc53)sc3ccccc34)ccc2c1.c1ccc2cc3c(cc2c1)c1ccccc1n3-c1nc2oc3ccccc3c2nc1-c1ccc2cccnc2c1. The van der Waals surface area contributed by atoms with Crippen LogP contribution in [0.25, 0.3) is 164 Å². The second-order valence-electron chi connectivity index (χ2n) is 20.4. The predicted octanol–water partition coefficient (Wildman–Crippen LogP) is 18.8. The third-order valence-electron chi connectivity index (χ3n) is 15.8. The molecule has 0 spiro atoms. The number of fused-ring (bicyclic) bond motifs is 16. The molecule has 8 nitrogen and oxygen atoms in total. The Labute approximate surface area is 459 Å². The molecule has 18 aromatic rings. The van der Waals surface area contributed by atoms with E-state index >= 15 is 0 Å². The normalized spacial score (nSPS) is 12.0. The quantitative estimate of drug-likeness (QED) is 0.175. The molecule has 0 bridgehead atoms. The van der Waals surface area contributed by atoms with Gasteiger partial charge in [0, 0.05) is 59.7 Å². The fraction of sp³-hybridized carbons (Fsp3) is 0. The van der Waals surface area contributed by atoms with Crippen LogP contribution in [0.2, 0.25) is 0 Å². The third kappa shape index (κ3) is 6.91. The zero-order chi connectivity index (χ0) is 52.4. The number of pyridine rings is 1. The van der Waals surface area contributed by atoms with Gasteiger partial charge in [-0.05, 0) is 105 Å². The molecule has 18 rings (SSSR count). The second-order valence-corrected chi connectivity index (χ2v) is 21.4. The smallest absolute Gasteiger partial charge is 0.248 e. The van der Waals surface area contributed by atoms with Crippen LogP contribution in [0, 0.1) is 0 Å². The van der Waals surface area contributed by atoms with Crippen molar-refractivity contribution in [2.45, 2.75) is 0 Å². The van der Waals surface area contributed by atoms with Crippen molar-refractivity contribution in [1.29, 1.82) is 0 Å². The molecule has 80 heavy (non-hydrogen) atoms. The van der Waals surface area contributed by atoms with E-state index in [1.807, 2.05) is 36.5 Å². The fourth-order valence-electron chi connectivity index (χ4n) is 12.0. The lowest BCUT2D eigenvalue weighted by molar-refractivity contribution is 0.652. The van der Waals surface area contributed by atoms with Crippen LogP contribution in [0.5, 0.6) is 0 Å². The van der Waals surface area contributed by atoms with Crippen LogP contribution in [0.4, 0.5) is 0 Å². The van der Waals surface area contributed by atoms with E-state index in [2.05, 4.69) is 226 Å². The van der Waals surface area contributed by atoms with Crippen LogP contribution in [0.3, 0.4) is 0 Å². The number of rotatable bonds is 4. The molecule has 0 aliphatic rings. The molecular weight excluding hydrogens is 999 g/mol. The molecule has 0 atom stereocenters. The van der Waals surface area contributed by atoms with E-state index in [9.17, 15) is 0 Å². The maximum absolute atomic E-state index is 6.25. The summed E-state index contributed by atoms with van der Waals surface area (Å²) < 4.78 is 12.0. The van der Waals surface area contributed by atoms with Crippen molar-refractivity contribution in [2.24, 2.45) is 0 Å². The summed E-state index contributed by atoms with van der Waals surface area (Å²) in [4.78, 5) is 26.9. The van der Waals surface area contributed by atoms with Crippen LogP contribution >= 0.6 is 11.3 Å².